The van der Waals surface area contributed by atoms with Crippen LogP contribution in [0.15, 0.2) is 24.3 Å². The molecule has 18 heavy (non-hydrogen) atoms. The SMILES string of the molecule is CCN(CCC#N)C(=O)Cc1ccccc1OC. The Bertz CT molecular complexity index is 438. The number of ether oxygens (including phenoxy) is 1. The molecule has 0 unspecified atom stereocenters. The molecule has 0 aliphatic rings. The Morgan fingerprint density at radius 2 is 2.17 bits per heavy atom. The van der Waals surface area contributed by atoms with E-state index in [1.807, 2.05) is 31.2 Å². The first-order valence-corrected chi connectivity index (χ1v) is 5.99. The first-order valence-electron chi connectivity index (χ1n) is 5.99. The smallest absolute Gasteiger partial charge is 0.227 e. The highest BCUT2D eigenvalue weighted by Crippen LogP contribution is 2.18. The number of likely N-dealkylation sites (N-methyl/N-ethyl adjacent to an activating group) is 1. The summed E-state index contributed by atoms with van der Waals surface area (Å²) in [5.41, 5.74) is 0.875. The standard InChI is InChI=1S/C14H18N2O2/c1-3-16(10-6-9-15)14(17)11-12-7-4-5-8-13(12)18-2/h4-5,7-8H,3,6,10-11H2,1-2H3. The van der Waals surface area contributed by atoms with Crippen molar-refractivity contribution in [1.29, 1.82) is 5.26 Å². The molecule has 0 saturated heterocycles. The van der Waals surface area contributed by atoms with Crippen LogP contribution in [0.25, 0.3) is 0 Å². The van der Waals surface area contributed by atoms with Crippen LogP contribution in [0.1, 0.15) is 18.9 Å². The lowest BCUT2D eigenvalue weighted by Gasteiger charge is -2.20. The van der Waals surface area contributed by atoms with Crippen molar-refractivity contribution in [2.75, 3.05) is 20.2 Å². The van der Waals surface area contributed by atoms with Gasteiger partial charge in [-0.05, 0) is 13.0 Å². The van der Waals surface area contributed by atoms with Crippen molar-refractivity contribution in [3.8, 4) is 11.8 Å². The summed E-state index contributed by atoms with van der Waals surface area (Å²) in [6.07, 6.45) is 0.675. The van der Waals surface area contributed by atoms with Crippen LogP contribution in [-0.2, 0) is 11.2 Å². The van der Waals surface area contributed by atoms with Gasteiger partial charge < -0.3 is 9.64 Å². The summed E-state index contributed by atoms with van der Waals surface area (Å²) >= 11 is 0. The van der Waals surface area contributed by atoms with E-state index < -0.39 is 0 Å². The zero-order valence-electron chi connectivity index (χ0n) is 10.8. The van der Waals surface area contributed by atoms with Crippen LogP contribution in [0.2, 0.25) is 0 Å². The van der Waals surface area contributed by atoms with Gasteiger partial charge in [-0.25, -0.2) is 0 Å². The quantitative estimate of drug-likeness (QED) is 0.771. The zero-order chi connectivity index (χ0) is 13.4. The number of methoxy groups -OCH3 is 1. The van der Waals surface area contributed by atoms with Crippen LogP contribution in [0, 0.1) is 11.3 Å². The van der Waals surface area contributed by atoms with Gasteiger partial charge in [-0.1, -0.05) is 18.2 Å². The molecule has 1 rings (SSSR count). The lowest BCUT2D eigenvalue weighted by atomic mass is 10.1. The van der Waals surface area contributed by atoms with Crippen LogP contribution in [0.5, 0.6) is 5.75 Å². The second-order valence-electron chi connectivity index (χ2n) is 3.87. The molecule has 0 heterocycles. The molecule has 0 bridgehead atoms. The molecule has 4 nitrogen and oxygen atoms in total. The summed E-state index contributed by atoms with van der Waals surface area (Å²) in [6, 6.07) is 9.54. The van der Waals surface area contributed by atoms with E-state index in [1.54, 1.807) is 12.0 Å². The number of benzene rings is 1. The molecule has 0 N–H and O–H groups in total. The Morgan fingerprint density at radius 3 is 2.78 bits per heavy atom. The van der Waals surface area contributed by atoms with Gasteiger partial charge in [0.25, 0.3) is 0 Å². The summed E-state index contributed by atoms with van der Waals surface area (Å²) in [6.45, 7) is 3.02. The highest BCUT2D eigenvalue weighted by molar-refractivity contribution is 5.79. The maximum absolute atomic E-state index is 12.1. The fraction of sp³-hybridized carbons (Fsp3) is 0.429. The van der Waals surface area contributed by atoms with Crippen LogP contribution in [0.3, 0.4) is 0 Å². The van der Waals surface area contributed by atoms with Crippen LogP contribution < -0.4 is 4.74 Å². The van der Waals surface area contributed by atoms with Gasteiger partial charge in [0, 0.05) is 18.7 Å². The van der Waals surface area contributed by atoms with Gasteiger partial charge in [-0.15, -0.1) is 0 Å². The van der Waals surface area contributed by atoms with Gasteiger partial charge in [0.1, 0.15) is 5.75 Å². The van der Waals surface area contributed by atoms with Crippen molar-refractivity contribution in [3.05, 3.63) is 29.8 Å². The third-order valence-corrected chi connectivity index (χ3v) is 2.76. The predicted molar refractivity (Wildman–Crippen MR) is 69.2 cm³/mol. The number of amides is 1. The monoisotopic (exact) mass is 246 g/mol. The minimum Gasteiger partial charge on any atom is -0.496 e. The fourth-order valence-corrected chi connectivity index (χ4v) is 1.77. The second-order valence-corrected chi connectivity index (χ2v) is 3.87. The Kier molecular flexibility index (Phi) is 5.72. The van der Waals surface area contributed by atoms with Gasteiger partial charge in [-0.3, -0.25) is 4.79 Å². The zero-order valence-corrected chi connectivity index (χ0v) is 10.8. The molecule has 0 atom stereocenters. The Labute approximate surface area is 108 Å². The molecule has 4 heteroatoms. The number of carbonyl (C=O) groups is 1. The number of para-hydroxylation sites is 1. The van der Waals surface area contributed by atoms with Gasteiger partial charge in [0.15, 0.2) is 0 Å². The molecule has 1 aromatic carbocycles. The van der Waals surface area contributed by atoms with Gasteiger partial charge in [0.05, 0.1) is 26.0 Å². The number of hydrogen-bond donors (Lipinski definition) is 0. The fourth-order valence-electron chi connectivity index (χ4n) is 1.77. The maximum atomic E-state index is 12.1. The summed E-state index contributed by atoms with van der Waals surface area (Å²) in [5.74, 6) is 0.749. The number of carbonyl (C=O) groups excluding carboxylic acids is 1. The minimum absolute atomic E-state index is 0.0252. The molecule has 1 amide bonds. The molecule has 0 aromatic heterocycles. The van der Waals surface area contributed by atoms with Gasteiger partial charge in [0.2, 0.25) is 5.91 Å². The lowest BCUT2D eigenvalue weighted by Crippen LogP contribution is -2.32. The average molecular weight is 246 g/mol. The predicted octanol–water partition coefficient (Wildman–Crippen LogP) is 2.00. The molecule has 0 fully saturated rings. The van der Waals surface area contributed by atoms with Gasteiger partial charge >= 0.3 is 0 Å². The van der Waals surface area contributed by atoms with Crippen molar-refractivity contribution < 1.29 is 9.53 Å². The summed E-state index contributed by atoms with van der Waals surface area (Å²) < 4.78 is 5.22. The first-order chi connectivity index (χ1) is 8.72. The molecule has 0 saturated carbocycles. The Balaban J connectivity index is 2.70. The molecular formula is C14H18N2O2. The lowest BCUT2D eigenvalue weighted by molar-refractivity contribution is -0.130. The van der Waals surface area contributed by atoms with Crippen molar-refractivity contribution in [1.82, 2.24) is 4.90 Å². The molecule has 0 radical (unpaired) electrons. The normalized spacial score (nSPS) is 9.61. The van der Waals surface area contributed by atoms with Crippen LogP contribution in [0.4, 0.5) is 0 Å². The average Bonchev–Trinajstić information content (AvgIpc) is 2.40. The number of rotatable bonds is 6. The number of nitrogens with zero attached hydrogens (tertiary/aromatic N) is 2. The maximum Gasteiger partial charge on any atom is 0.227 e. The Hall–Kier alpha value is -2.02. The summed E-state index contributed by atoms with van der Waals surface area (Å²) in [4.78, 5) is 13.8. The van der Waals surface area contributed by atoms with Crippen LogP contribution >= 0.6 is 0 Å². The van der Waals surface area contributed by atoms with Crippen LogP contribution in [-0.4, -0.2) is 31.0 Å². The van der Waals surface area contributed by atoms with E-state index >= 15 is 0 Å². The number of hydrogen-bond acceptors (Lipinski definition) is 3. The highest BCUT2D eigenvalue weighted by atomic mass is 16.5. The third-order valence-electron chi connectivity index (χ3n) is 2.76. The van der Waals surface area contributed by atoms with Crippen molar-refractivity contribution >= 4 is 5.91 Å². The van der Waals surface area contributed by atoms with E-state index in [2.05, 4.69) is 6.07 Å². The Morgan fingerprint density at radius 1 is 1.44 bits per heavy atom. The highest BCUT2D eigenvalue weighted by Gasteiger charge is 2.14. The summed E-state index contributed by atoms with van der Waals surface area (Å²) in [7, 11) is 1.59. The molecule has 0 aliphatic carbocycles. The number of nitriles is 1. The topological polar surface area (TPSA) is 53.3 Å². The van der Waals surface area contributed by atoms with E-state index in [4.69, 9.17) is 10.00 Å². The van der Waals surface area contributed by atoms with Gasteiger partial charge in [-0.2, -0.15) is 5.26 Å². The summed E-state index contributed by atoms with van der Waals surface area (Å²) in [5, 5.41) is 8.56. The molecule has 1 aromatic rings. The van der Waals surface area contributed by atoms with Crippen molar-refractivity contribution in [2.24, 2.45) is 0 Å². The van der Waals surface area contributed by atoms with E-state index in [0.717, 1.165) is 11.3 Å². The first kappa shape index (κ1) is 14.0. The molecule has 0 aliphatic heterocycles. The third kappa shape index (κ3) is 3.77. The van der Waals surface area contributed by atoms with Crippen molar-refractivity contribution in [2.45, 2.75) is 19.8 Å². The second kappa shape index (κ2) is 7.33. The van der Waals surface area contributed by atoms with Crippen molar-refractivity contribution in [3.63, 3.8) is 0 Å². The van der Waals surface area contributed by atoms with E-state index in [-0.39, 0.29) is 5.91 Å². The molecule has 0 spiro atoms. The minimum atomic E-state index is 0.0252. The van der Waals surface area contributed by atoms with E-state index in [9.17, 15) is 4.79 Å². The van der Waals surface area contributed by atoms with E-state index in [0.29, 0.717) is 25.9 Å². The molecular weight excluding hydrogens is 228 g/mol. The molecule has 96 valence electrons. The van der Waals surface area contributed by atoms with E-state index in [1.165, 1.54) is 0 Å². The largest absolute Gasteiger partial charge is 0.496 e.